The lowest BCUT2D eigenvalue weighted by Crippen LogP contribution is -2.34. The molecule has 1 aromatic carbocycles. The fourth-order valence-electron chi connectivity index (χ4n) is 1.55. The van der Waals surface area contributed by atoms with E-state index in [0.29, 0.717) is 22.3 Å². The third-order valence-electron chi connectivity index (χ3n) is 2.54. The first-order chi connectivity index (χ1) is 9.04. The number of para-hydroxylation sites is 1. The van der Waals surface area contributed by atoms with Gasteiger partial charge in [-0.15, -0.1) is 0 Å². The van der Waals surface area contributed by atoms with Crippen LogP contribution in [0.3, 0.4) is 0 Å². The van der Waals surface area contributed by atoms with Gasteiger partial charge in [0.2, 0.25) is 0 Å². The zero-order valence-corrected chi connectivity index (χ0v) is 13.4. The van der Waals surface area contributed by atoms with Crippen molar-refractivity contribution < 1.29 is 9.84 Å². The zero-order valence-electron chi connectivity index (χ0n) is 11.1. The van der Waals surface area contributed by atoms with Gasteiger partial charge in [0.15, 0.2) is 5.75 Å². The Kier molecular flexibility index (Phi) is 7.95. The van der Waals surface area contributed by atoms with E-state index in [-0.39, 0.29) is 6.61 Å². The van der Waals surface area contributed by atoms with Crippen LogP contribution in [0.15, 0.2) is 18.2 Å². The highest BCUT2D eigenvalue weighted by atomic mass is 35.5. The first-order valence-corrected chi connectivity index (χ1v) is 8.12. The average molecular weight is 324 g/mol. The predicted octanol–water partition coefficient (Wildman–Crippen LogP) is 3.03. The SMILES string of the molecule is CSCCN(C)CC(O)COc1c(Cl)cccc1Cl. The van der Waals surface area contributed by atoms with Gasteiger partial charge < -0.3 is 14.7 Å². The minimum atomic E-state index is -0.570. The van der Waals surface area contributed by atoms with Crippen LogP contribution < -0.4 is 4.74 Å². The van der Waals surface area contributed by atoms with E-state index in [1.54, 1.807) is 30.0 Å². The second kappa shape index (κ2) is 8.93. The summed E-state index contributed by atoms with van der Waals surface area (Å²) in [5.41, 5.74) is 0. The molecule has 0 bridgehead atoms. The van der Waals surface area contributed by atoms with Crippen molar-refractivity contribution in [1.82, 2.24) is 4.90 Å². The van der Waals surface area contributed by atoms with Crippen molar-refractivity contribution >= 4 is 35.0 Å². The minimum absolute atomic E-state index is 0.174. The van der Waals surface area contributed by atoms with Gasteiger partial charge in [0.25, 0.3) is 0 Å². The van der Waals surface area contributed by atoms with Crippen LogP contribution in [0.1, 0.15) is 0 Å². The number of halogens is 2. The molecule has 0 amide bonds. The molecule has 0 heterocycles. The van der Waals surface area contributed by atoms with Gasteiger partial charge in [0.1, 0.15) is 12.7 Å². The van der Waals surface area contributed by atoms with Crippen molar-refractivity contribution in [3.05, 3.63) is 28.2 Å². The number of hydrogen-bond donors (Lipinski definition) is 1. The van der Waals surface area contributed by atoms with Gasteiger partial charge >= 0.3 is 0 Å². The van der Waals surface area contributed by atoms with Crippen molar-refractivity contribution in [3.8, 4) is 5.75 Å². The van der Waals surface area contributed by atoms with E-state index in [9.17, 15) is 5.11 Å². The molecule has 1 unspecified atom stereocenters. The van der Waals surface area contributed by atoms with Crippen molar-refractivity contribution in [1.29, 1.82) is 0 Å². The quantitative estimate of drug-likeness (QED) is 0.797. The van der Waals surface area contributed by atoms with Crippen LogP contribution >= 0.6 is 35.0 Å². The molecule has 1 aromatic rings. The molecule has 0 fully saturated rings. The first kappa shape index (κ1) is 16.9. The Morgan fingerprint density at radius 3 is 2.58 bits per heavy atom. The summed E-state index contributed by atoms with van der Waals surface area (Å²) in [6, 6.07) is 5.17. The number of hydrogen-bond acceptors (Lipinski definition) is 4. The Balaban J connectivity index is 2.39. The number of nitrogens with zero attached hydrogens (tertiary/aromatic N) is 1. The summed E-state index contributed by atoms with van der Waals surface area (Å²) >= 11 is 13.7. The molecule has 19 heavy (non-hydrogen) atoms. The normalized spacial score (nSPS) is 12.7. The molecule has 0 aliphatic heterocycles. The van der Waals surface area contributed by atoms with Gasteiger partial charge in [-0.2, -0.15) is 11.8 Å². The highest BCUT2D eigenvalue weighted by Crippen LogP contribution is 2.32. The lowest BCUT2D eigenvalue weighted by molar-refractivity contribution is 0.0782. The second-order valence-corrected chi connectivity index (χ2v) is 6.07. The molecule has 0 aromatic heterocycles. The monoisotopic (exact) mass is 323 g/mol. The van der Waals surface area contributed by atoms with Crippen LogP contribution in [0, 0.1) is 0 Å². The summed E-state index contributed by atoms with van der Waals surface area (Å²) in [6.07, 6.45) is 1.49. The van der Waals surface area contributed by atoms with Gasteiger partial charge in [0.05, 0.1) is 10.0 Å². The molecular formula is C13H19Cl2NO2S. The Morgan fingerprint density at radius 2 is 2.00 bits per heavy atom. The maximum atomic E-state index is 9.90. The number of aliphatic hydroxyl groups excluding tert-OH is 1. The smallest absolute Gasteiger partial charge is 0.156 e. The Bertz CT molecular complexity index is 373. The summed E-state index contributed by atoms with van der Waals surface area (Å²) < 4.78 is 5.49. The molecule has 1 N–H and O–H groups in total. The summed E-state index contributed by atoms with van der Waals surface area (Å²) in [6.45, 7) is 1.67. The number of thioether (sulfide) groups is 1. The van der Waals surface area contributed by atoms with Crippen molar-refractivity contribution in [3.63, 3.8) is 0 Å². The fraction of sp³-hybridized carbons (Fsp3) is 0.538. The number of rotatable bonds is 8. The fourth-order valence-corrected chi connectivity index (χ4v) is 2.55. The molecule has 0 aliphatic rings. The molecule has 1 atom stereocenters. The van der Waals surface area contributed by atoms with Gasteiger partial charge in [-0.3, -0.25) is 0 Å². The van der Waals surface area contributed by atoms with Gasteiger partial charge in [-0.05, 0) is 25.4 Å². The molecule has 1 rings (SSSR count). The summed E-state index contributed by atoms with van der Waals surface area (Å²) in [5, 5.41) is 10.8. The second-order valence-electron chi connectivity index (χ2n) is 4.27. The molecule has 0 aliphatic carbocycles. The summed E-state index contributed by atoms with van der Waals surface area (Å²) in [7, 11) is 1.97. The van der Waals surface area contributed by atoms with E-state index >= 15 is 0 Å². The highest BCUT2D eigenvalue weighted by molar-refractivity contribution is 7.98. The van der Waals surface area contributed by atoms with Crippen LogP contribution in [0.5, 0.6) is 5.75 Å². The Labute approximate surface area is 128 Å². The number of likely N-dealkylation sites (N-methyl/N-ethyl adjacent to an activating group) is 1. The summed E-state index contributed by atoms with van der Waals surface area (Å²) in [5.74, 6) is 1.47. The van der Waals surface area contributed by atoms with Crippen LogP contribution in [-0.4, -0.2) is 54.9 Å². The summed E-state index contributed by atoms with van der Waals surface area (Å²) in [4.78, 5) is 2.07. The predicted molar refractivity (Wildman–Crippen MR) is 83.8 cm³/mol. The maximum absolute atomic E-state index is 9.90. The van der Waals surface area contributed by atoms with Crippen LogP contribution in [0.4, 0.5) is 0 Å². The minimum Gasteiger partial charge on any atom is -0.488 e. The van der Waals surface area contributed by atoms with E-state index in [4.69, 9.17) is 27.9 Å². The Hall–Kier alpha value is -0.130. The molecular weight excluding hydrogens is 305 g/mol. The van der Waals surface area contributed by atoms with Crippen LogP contribution in [0.25, 0.3) is 0 Å². The largest absolute Gasteiger partial charge is 0.488 e. The van der Waals surface area contributed by atoms with Gasteiger partial charge in [-0.1, -0.05) is 29.3 Å². The van der Waals surface area contributed by atoms with E-state index in [2.05, 4.69) is 11.2 Å². The third-order valence-corrected chi connectivity index (χ3v) is 3.72. The standard InChI is InChI=1S/C13H19Cl2NO2S/c1-16(6-7-19-2)8-10(17)9-18-13-11(14)4-3-5-12(13)15/h3-5,10,17H,6-9H2,1-2H3. The van der Waals surface area contributed by atoms with E-state index in [1.807, 2.05) is 7.05 Å². The van der Waals surface area contributed by atoms with Gasteiger partial charge in [-0.25, -0.2) is 0 Å². The molecule has 108 valence electrons. The number of benzene rings is 1. The number of ether oxygens (including phenoxy) is 1. The third kappa shape index (κ3) is 6.23. The van der Waals surface area contributed by atoms with Crippen molar-refractivity contribution in [2.24, 2.45) is 0 Å². The molecule has 0 saturated carbocycles. The number of aliphatic hydroxyl groups is 1. The van der Waals surface area contributed by atoms with Crippen LogP contribution in [0.2, 0.25) is 10.0 Å². The lowest BCUT2D eigenvalue weighted by atomic mass is 10.3. The first-order valence-electron chi connectivity index (χ1n) is 5.97. The van der Waals surface area contributed by atoms with Gasteiger partial charge in [0, 0.05) is 18.8 Å². The molecule has 6 heteroatoms. The maximum Gasteiger partial charge on any atom is 0.156 e. The van der Waals surface area contributed by atoms with E-state index in [1.165, 1.54) is 0 Å². The Morgan fingerprint density at radius 1 is 1.37 bits per heavy atom. The molecule has 0 spiro atoms. The molecule has 3 nitrogen and oxygen atoms in total. The average Bonchev–Trinajstić information content (AvgIpc) is 2.35. The topological polar surface area (TPSA) is 32.7 Å². The zero-order chi connectivity index (χ0) is 14.3. The molecule has 0 radical (unpaired) electrons. The molecule has 0 saturated heterocycles. The van der Waals surface area contributed by atoms with Crippen molar-refractivity contribution in [2.45, 2.75) is 6.10 Å². The van der Waals surface area contributed by atoms with Crippen molar-refractivity contribution in [2.75, 3.05) is 38.8 Å². The lowest BCUT2D eigenvalue weighted by Gasteiger charge is -2.20. The van der Waals surface area contributed by atoms with Crippen LogP contribution in [-0.2, 0) is 0 Å². The highest BCUT2D eigenvalue weighted by Gasteiger charge is 2.12. The van der Waals surface area contributed by atoms with E-state index in [0.717, 1.165) is 12.3 Å². The van der Waals surface area contributed by atoms with E-state index < -0.39 is 6.10 Å².